The number of nitrogens with one attached hydrogen (secondary N) is 1. The molecule has 0 radical (unpaired) electrons. The number of hydrogen-bond donors (Lipinski definition) is 1. The van der Waals surface area contributed by atoms with E-state index in [0.717, 1.165) is 32.1 Å². The summed E-state index contributed by atoms with van der Waals surface area (Å²) in [5.41, 5.74) is 1.29. The molecule has 3 nitrogen and oxygen atoms in total. The highest BCUT2D eigenvalue weighted by molar-refractivity contribution is 7.15. The van der Waals surface area contributed by atoms with Crippen LogP contribution in [0.1, 0.15) is 50.6 Å². The third-order valence-corrected chi connectivity index (χ3v) is 4.53. The summed E-state index contributed by atoms with van der Waals surface area (Å²) in [4.78, 5) is 8.65. The third-order valence-electron chi connectivity index (χ3n) is 3.38. The Morgan fingerprint density at radius 2 is 2.11 bits per heavy atom. The zero-order chi connectivity index (χ0) is 13.0. The van der Waals surface area contributed by atoms with Crippen LogP contribution in [0.2, 0.25) is 0 Å². The Kier molecular flexibility index (Phi) is 5.01. The van der Waals surface area contributed by atoms with Gasteiger partial charge in [-0.1, -0.05) is 13.8 Å². The molecular weight excluding hydrogens is 242 g/mol. The topological polar surface area (TPSA) is 28.2 Å². The fourth-order valence-electron chi connectivity index (χ4n) is 2.10. The van der Waals surface area contributed by atoms with Gasteiger partial charge in [-0.2, -0.15) is 0 Å². The van der Waals surface area contributed by atoms with Gasteiger partial charge in [0.05, 0.1) is 5.69 Å². The Morgan fingerprint density at radius 3 is 2.67 bits per heavy atom. The van der Waals surface area contributed by atoms with E-state index in [9.17, 15) is 0 Å². The normalized spacial score (nSPS) is 15.1. The van der Waals surface area contributed by atoms with Crippen LogP contribution in [0.25, 0.3) is 0 Å². The summed E-state index contributed by atoms with van der Waals surface area (Å²) in [6, 6.07) is 0.776. The van der Waals surface area contributed by atoms with Crippen molar-refractivity contribution in [2.75, 3.05) is 18.0 Å². The van der Waals surface area contributed by atoms with Gasteiger partial charge in [0.25, 0.3) is 0 Å². The molecule has 1 fully saturated rings. The molecule has 1 saturated carbocycles. The highest BCUT2D eigenvalue weighted by Gasteiger charge is 2.21. The summed E-state index contributed by atoms with van der Waals surface area (Å²) in [5, 5.41) is 4.81. The minimum absolute atomic E-state index is 0.776. The minimum atomic E-state index is 0.776. The molecule has 0 amide bonds. The van der Waals surface area contributed by atoms with Crippen molar-refractivity contribution in [3.8, 4) is 0 Å². The molecule has 2 rings (SSSR count). The zero-order valence-corrected chi connectivity index (χ0v) is 12.6. The zero-order valence-electron chi connectivity index (χ0n) is 11.8. The van der Waals surface area contributed by atoms with Crippen LogP contribution in [-0.2, 0) is 13.0 Å². The summed E-state index contributed by atoms with van der Waals surface area (Å²) >= 11 is 1.88. The van der Waals surface area contributed by atoms with E-state index >= 15 is 0 Å². The maximum atomic E-state index is 4.82. The van der Waals surface area contributed by atoms with Gasteiger partial charge in [-0.15, -0.1) is 11.3 Å². The highest BCUT2D eigenvalue weighted by Crippen LogP contribution is 2.28. The molecule has 0 spiro atoms. The fourth-order valence-corrected chi connectivity index (χ4v) is 3.29. The molecule has 4 heteroatoms. The Balaban J connectivity index is 2.05. The standard InChI is InChI=1S/C14H25N3S/c1-4-9-17(6-3)14-16-12(5-2)13(18-14)10-15-11-7-8-11/h11,15H,4-10H2,1-3H3. The largest absolute Gasteiger partial charge is 0.348 e. The van der Waals surface area contributed by atoms with Crippen molar-refractivity contribution in [1.82, 2.24) is 10.3 Å². The molecular formula is C14H25N3S. The molecule has 0 unspecified atom stereocenters. The van der Waals surface area contributed by atoms with Crippen molar-refractivity contribution < 1.29 is 0 Å². The Hall–Kier alpha value is -0.610. The lowest BCUT2D eigenvalue weighted by Crippen LogP contribution is -2.23. The van der Waals surface area contributed by atoms with E-state index in [1.807, 2.05) is 11.3 Å². The van der Waals surface area contributed by atoms with Crippen LogP contribution < -0.4 is 10.2 Å². The molecule has 1 aromatic rings. The number of hydrogen-bond acceptors (Lipinski definition) is 4. The molecule has 1 heterocycles. The maximum absolute atomic E-state index is 4.82. The van der Waals surface area contributed by atoms with Crippen LogP contribution >= 0.6 is 11.3 Å². The van der Waals surface area contributed by atoms with Crippen molar-refractivity contribution in [3.63, 3.8) is 0 Å². The first kappa shape index (κ1) is 13.8. The van der Waals surface area contributed by atoms with Crippen molar-refractivity contribution in [3.05, 3.63) is 10.6 Å². The molecule has 1 N–H and O–H groups in total. The van der Waals surface area contributed by atoms with Crippen molar-refractivity contribution >= 4 is 16.5 Å². The van der Waals surface area contributed by atoms with E-state index in [1.54, 1.807) is 0 Å². The monoisotopic (exact) mass is 267 g/mol. The molecule has 0 aliphatic heterocycles. The maximum Gasteiger partial charge on any atom is 0.185 e. The molecule has 18 heavy (non-hydrogen) atoms. The molecule has 1 aromatic heterocycles. The van der Waals surface area contributed by atoms with E-state index in [1.165, 1.54) is 35.0 Å². The Morgan fingerprint density at radius 1 is 1.33 bits per heavy atom. The Bertz CT molecular complexity index is 371. The molecule has 0 aromatic carbocycles. The predicted molar refractivity (Wildman–Crippen MR) is 79.5 cm³/mol. The summed E-state index contributed by atoms with van der Waals surface area (Å²) in [6.07, 6.45) is 4.93. The van der Waals surface area contributed by atoms with Crippen molar-refractivity contribution in [2.24, 2.45) is 0 Å². The minimum Gasteiger partial charge on any atom is -0.348 e. The summed E-state index contributed by atoms with van der Waals surface area (Å²) in [7, 11) is 0. The van der Waals surface area contributed by atoms with E-state index < -0.39 is 0 Å². The second kappa shape index (κ2) is 6.53. The van der Waals surface area contributed by atoms with Gasteiger partial charge in [0, 0.05) is 30.6 Å². The number of rotatable bonds is 8. The lowest BCUT2D eigenvalue weighted by atomic mass is 10.3. The average Bonchev–Trinajstić information content (AvgIpc) is 3.13. The summed E-state index contributed by atoms with van der Waals surface area (Å²) < 4.78 is 0. The smallest absolute Gasteiger partial charge is 0.185 e. The van der Waals surface area contributed by atoms with Crippen LogP contribution in [0.15, 0.2) is 0 Å². The van der Waals surface area contributed by atoms with Crippen LogP contribution in [0, 0.1) is 0 Å². The van der Waals surface area contributed by atoms with Gasteiger partial charge in [-0.25, -0.2) is 4.98 Å². The number of aryl methyl sites for hydroxylation is 1. The predicted octanol–water partition coefficient (Wildman–Crippen LogP) is 3.19. The molecule has 1 aliphatic rings. The quantitative estimate of drug-likeness (QED) is 0.784. The van der Waals surface area contributed by atoms with E-state index in [2.05, 4.69) is 31.0 Å². The lowest BCUT2D eigenvalue weighted by molar-refractivity contribution is 0.689. The molecule has 0 atom stereocenters. The lowest BCUT2D eigenvalue weighted by Gasteiger charge is -2.18. The van der Waals surface area contributed by atoms with Gasteiger partial charge in [0.1, 0.15) is 0 Å². The summed E-state index contributed by atoms with van der Waals surface area (Å²) in [5.74, 6) is 0. The van der Waals surface area contributed by atoms with Gasteiger partial charge in [0.2, 0.25) is 0 Å². The van der Waals surface area contributed by atoms with E-state index in [4.69, 9.17) is 4.98 Å². The van der Waals surface area contributed by atoms with Crippen LogP contribution in [-0.4, -0.2) is 24.1 Å². The van der Waals surface area contributed by atoms with Crippen LogP contribution in [0.3, 0.4) is 0 Å². The average molecular weight is 267 g/mol. The van der Waals surface area contributed by atoms with Crippen molar-refractivity contribution in [1.29, 1.82) is 0 Å². The molecule has 0 bridgehead atoms. The van der Waals surface area contributed by atoms with Gasteiger partial charge in [-0.05, 0) is 32.6 Å². The first-order valence-corrected chi connectivity index (χ1v) is 8.07. The van der Waals surface area contributed by atoms with Gasteiger partial charge in [-0.3, -0.25) is 0 Å². The second-order valence-corrected chi connectivity index (χ2v) is 6.02. The van der Waals surface area contributed by atoms with Crippen LogP contribution in [0.5, 0.6) is 0 Å². The first-order valence-electron chi connectivity index (χ1n) is 7.25. The number of aromatic nitrogens is 1. The van der Waals surface area contributed by atoms with Crippen molar-refractivity contribution in [2.45, 2.75) is 59.0 Å². The van der Waals surface area contributed by atoms with Gasteiger partial charge >= 0.3 is 0 Å². The Labute approximate surface area is 115 Å². The van der Waals surface area contributed by atoms with Gasteiger partial charge < -0.3 is 10.2 Å². The third kappa shape index (κ3) is 3.45. The second-order valence-electron chi connectivity index (χ2n) is 4.95. The number of thiazole rings is 1. The van der Waals surface area contributed by atoms with E-state index in [0.29, 0.717) is 0 Å². The molecule has 0 saturated heterocycles. The number of anilines is 1. The first-order chi connectivity index (χ1) is 8.78. The highest BCUT2D eigenvalue weighted by atomic mass is 32.1. The summed E-state index contributed by atoms with van der Waals surface area (Å²) in [6.45, 7) is 9.82. The SMILES string of the molecule is CCCN(CC)c1nc(CC)c(CNC2CC2)s1. The van der Waals surface area contributed by atoms with Crippen LogP contribution in [0.4, 0.5) is 5.13 Å². The van der Waals surface area contributed by atoms with E-state index in [-0.39, 0.29) is 0 Å². The van der Waals surface area contributed by atoms with Gasteiger partial charge in [0.15, 0.2) is 5.13 Å². The fraction of sp³-hybridized carbons (Fsp3) is 0.786. The molecule has 1 aliphatic carbocycles. The molecule has 102 valence electrons. The number of nitrogens with zero attached hydrogens (tertiary/aromatic N) is 2.